The lowest BCUT2D eigenvalue weighted by molar-refractivity contribution is -0.137. The van der Waals surface area contributed by atoms with E-state index in [1.165, 1.54) is 12.1 Å². The van der Waals surface area contributed by atoms with Crippen LogP contribution in [0.25, 0.3) is 0 Å². The molecule has 0 bridgehead atoms. The Kier molecular flexibility index (Phi) is 4.39. The Labute approximate surface area is 130 Å². The van der Waals surface area contributed by atoms with Gasteiger partial charge in [-0.3, -0.25) is 4.72 Å². The molecule has 0 amide bonds. The molecule has 2 rings (SSSR count). The summed E-state index contributed by atoms with van der Waals surface area (Å²) in [7, 11) is -3.97. The fourth-order valence-electron chi connectivity index (χ4n) is 1.77. The van der Waals surface area contributed by atoms with Crippen LogP contribution in [0.2, 0.25) is 5.02 Å². The van der Waals surface area contributed by atoms with Crippen LogP contribution in [0.5, 0.6) is 0 Å². The van der Waals surface area contributed by atoms with Gasteiger partial charge in [0, 0.05) is 5.02 Å². The van der Waals surface area contributed by atoms with E-state index in [0.29, 0.717) is 16.3 Å². The van der Waals surface area contributed by atoms with Gasteiger partial charge in [0.15, 0.2) is 0 Å². The number of hydrogen-bond donors (Lipinski definition) is 1. The predicted molar refractivity (Wildman–Crippen MR) is 78.4 cm³/mol. The molecule has 0 fully saturated rings. The quantitative estimate of drug-likeness (QED) is 0.888. The van der Waals surface area contributed by atoms with Crippen LogP contribution in [0, 0.1) is 6.92 Å². The third-order valence-electron chi connectivity index (χ3n) is 2.92. The maximum absolute atomic E-state index is 12.5. The van der Waals surface area contributed by atoms with E-state index in [0.717, 1.165) is 24.3 Å². The molecule has 0 heterocycles. The smallest absolute Gasteiger partial charge is 0.279 e. The van der Waals surface area contributed by atoms with Crippen LogP contribution in [0.15, 0.2) is 47.4 Å². The average Bonchev–Trinajstić information content (AvgIpc) is 2.41. The molecular formula is C14H11ClF3NO2S. The van der Waals surface area contributed by atoms with Crippen molar-refractivity contribution in [3.8, 4) is 0 Å². The first-order valence-electron chi connectivity index (χ1n) is 6.06. The zero-order valence-electron chi connectivity index (χ0n) is 11.3. The number of benzene rings is 2. The highest BCUT2D eigenvalue weighted by Crippen LogP contribution is 2.30. The zero-order chi connectivity index (χ0) is 16.5. The van der Waals surface area contributed by atoms with Crippen molar-refractivity contribution in [3.05, 3.63) is 58.6 Å². The number of anilines is 1. The van der Waals surface area contributed by atoms with Crippen LogP contribution in [-0.4, -0.2) is 8.42 Å². The molecule has 2 aromatic rings. The van der Waals surface area contributed by atoms with E-state index in [1.54, 1.807) is 13.0 Å². The second kappa shape index (κ2) is 5.81. The Morgan fingerprint density at radius 1 is 1.05 bits per heavy atom. The first-order chi connectivity index (χ1) is 10.1. The lowest BCUT2D eigenvalue weighted by Crippen LogP contribution is -2.14. The van der Waals surface area contributed by atoms with E-state index < -0.39 is 21.8 Å². The molecule has 0 radical (unpaired) electrons. The van der Waals surface area contributed by atoms with Gasteiger partial charge in [0.1, 0.15) is 0 Å². The Morgan fingerprint density at radius 3 is 2.14 bits per heavy atom. The zero-order valence-corrected chi connectivity index (χ0v) is 12.9. The van der Waals surface area contributed by atoms with Gasteiger partial charge in [0.2, 0.25) is 0 Å². The van der Waals surface area contributed by atoms with Crippen molar-refractivity contribution >= 4 is 27.3 Å². The fraction of sp³-hybridized carbons (Fsp3) is 0.143. The lowest BCUT2D eigenvalue weighted by Gasteiger charge is -2.12. The van der Waals surface area contributed by atoms with Gasteiger partial charge in [-0.25, -0.2) is 8.42 Å². The number of hydrogen-bond acceptors (Lipinski definition) is 2. The predicted octanol–water partition coefficient (Wildman–Crippen LogP) is 4.47. The van der Waals surface area contributed by atoms with Crippen molar-refractivity contribution in [1.82, 2.24) is 0 Å². The third-order valence-corrected chi connectivity index (χ3v) is 4.54. The van der Waals surface area contributed by atoms with E-state index >= 15 is 0 Å². The van der Waals surface area contributed by atoms with Crippen LogP contribution in [0.1, 0.15) is 11.1 Å². The number of alkyl halides is 3. The highest BCUT2D eigenvalue weighted by Gasteiger charge is 2.30. The molecule has 0 saturated carbocycles. The normalized spacial score (nSPS) is 12.2. The van der Waals surface area contributed by atoms with E-state index in [-0.39, 0.29) is 4.90 Å². The van der Waals surface area contributed by atoms with Crippen molar-refractivity contribution in [1.29, 1.82) is 0 Å². The van der Waals surface area contributed by atoms with Crippen LogP contribution in [0.4, 0.5) is 18.9 Å². The summed E-state index contributed by atoms with van der Waals surface area (Å²) in [5.41, 5.74) is 0.00130. The van der Waals surface area contributed by atoms with Gasteiger partial charge >= 0.3 is 6.18 Å². The van der Waals surface area contributed by atoms with Gasteiger partial charge in [0.25, 0.3) is 10.0 Å². The summed E-state index contributed by atoms with van der Waals surface area (Å²) >= 11 is 5.78. The van der Waals surface area contributed by atoms with E-state index in [1.807, 2.05) is 0 Å². The summed E-state index contributed by atoms with van der Waals surface area (Å²) in [5, 5.41) is 0.454. The van der Waals surface area contributed by atoms with Crippen LogP contribution >= 0.6 is 11.6 Å². The van der Waals surface area contributed by atoms with Crippen molar-refractivity contribution in [2.24, 2.45) is 0 Å². The number of nitrogens with one attached hydrogen (secondary N) is 1. The van der Waals surface area contributed by atoms with Crippen LogP contribution in [-0.2, 0) is 16.2 Å². The molecule has 0 spiro atoms. The Bertz CT molecular complexity index is 787. The molecule has 3 nitrogen and oxygen atoms in total. The van der Waals surface area contributed by atoms with Crippen molar-refractivity contribution in [2.45, 2.75) is 18.0 Å². The highest BCUT2D eigenvalue weighted by atomic mass is 35.5. The molecule has 1 N–H and O–H groups in total. The molecule has 0 atom stereocenters. The maximum Gasteiger partial charge on any atom is 0.416 e. The molecule has 118 valence electrons. The second-order valence-corrected chi connectivity index (χ2v) is 6.71. The van der Waals surface area contributed by atoms with E-state index in [9.17, 15) is 21.6 Å². The number of halogens is 4. The minimum atomic E-state index is -4.51. The summed E-state index contributed by atoms with van der Waals surface area (Å²) in [4.78, 5) is -0.255. The molecule has 0 aromatic heterocycles. The number of aryl methyl sites for hydroxylation is 1. The van der Waals surface area contributed by atoms with Crippen molar-refractivity contribution < 1.29 is 21.6 Å². The van der Waals surface area contributed by atoms with Gasteiger partial charge in [0.05, 0.1) is 16.1 Å². The molecule has 0 aliphatic rings. The Balaban J connectivity index is 2.31. The van der Waals surface area contributed by atoms with E-state index in [2.05, 4.69) is 4.72 Å². The molecule has 0 aliphatic heterocycles. The summed E-state index contributed by atoms with van der Waals surface area (Å²) in [6.45, 7) is 1.66. The Hall–Kier alpha value is -1.73. The van der Waals surface area contributed by atoms with Gasteiger partial charge < -0.3 is 0 Å². The molecule has 2 aromatic carbocycles. The monoisotopic (exact) mass is 349 g/mol. The summed E-state index contributed by atoms with van der Waals surface area (Å²) < 4.78 is 64.1. The highest BCUT2D eigenvalue weighted by molar-refractivity contribution is 7.92. The topological polar surface area (TPSA) is 46.2 Å². The lowest BCUT2D eigenvalue weighted by atomic mass is 10.2. The first-order valence-corrected chi connectivity index (χ1v) is 7.92. The molecule has 22 heavy (non-hydrogen) atoms. The van der Waals surface area contributed by atoms with Crippen molar-refractivity contribution in [3.63, 3.8) is 0 Å². The van der Waals surface area contributed by atoms with Gasteiger partial charge in [-0.15, -0.1) is 0 Å². The van der Waals surface area contributed by atoms with Gasteiger partial charge in [-0.2, -0.15) is 13.2 Å². The third kappa shape index (κ3) is 3.72. The fourth-order valence-corrected chi connectivity index (χ4v) is 3.13. The largest absolute Gasteiger partial charge is 0.416 e. The maximum atomic E-state index is 12.5. The molecule has 0 saturated heterocycles. The summed E-state index contributed by atoms with van der Waals surface area (Å²) in [6, 6.07) is 7.85. The first kappa shape index (κ1) is 16.6. The molecule has 0 unspecified atom stereocenters. The minimum Gasteiger partial charge on any atom is -0.279 e. The van der Waals surface area contributed by atoms with Gasteiger partial charge in [-0.1, -0.05) is 11.6 Å². The molecular weight excluding hydrogens is 339 g/mol. The summed E-state index contributed by atoms with van der Waals surface area (Å²) in [5.74, 6) is 0. The van der Waals surface area contributed by atoms with Gasteiger partial charge in [-0.05, 0) is 55.0 Å². The average molecular weight is 350 g/mol. The standard InChI is InChI=1S/C14H11ClF3NO2S/c1-9-8-11(15)4-7-13(9)19-22(20,21)12-5-2-10(3-6-12)14(16,17)18/h2-8,19H,1H3. The molecule has 8 heteroatoms. The summed E-state index contributed by atoms with van der Waals surface area (Å²) in [6.07, 6.45) is -4.51. The van der Waals surface area contributed by atoms with Crippen LogP contribution in [0.3, 0.4) is 0 Å². The number of rotatable bonds is 3. The SMILES string of the molecule is Cc1cc(Cl)ccc1NS(=O)(=O)c1ccc(C(F)(F)F)cc1. The van der Waals surface area contributed by atoms with Crippen molar-refractivity contribution in [2.75, 3.05) is 4.72 Å². The van der Waals surface area contributed by atoms with Crippen LogP contribution < -0.4 is 4.72 Å². The number of sulfonamides is 1. The minimum absolute atomic E-state index is 0.255. The second-order valence-electron chi connectivity index (χ2n) is 4.59. The molecule has 0 aliphatic carbocycles. The Morgan fingerprint density at radius 2 is 1.64 bits per heavy atom. The van der Waals surface area contributed by atoms with E-state index in [4.69, 9.17) is 11.6 Å².